The molecule has 2 saturated heterocycles. The standard InChI is InChI=1S/C22H31N5O2/c1-16(2)25-10-4-11-26(14-13-25)22(28)19-9-12-27(15-19)20-7-5-18(6-8-20)21-24-23-17(3)29-21/h5-8,16,19H,4,9-15H2,1-3H3/t19-/m0/s1. The predicted molar refractivity (Wildman–Crippen MR) is 113 cm³/mol. The van der Waals surface area contributed by atoms with Crippen LogP contribution in [0.5, 0.6) is 0 Å². The molecular weight excluding hydrogens is 366 g/mol. The van der Waals surface area contributed by atoms with Crippen molar-refractivity contribution in [1.29, 1.82) is 0 Å². The van der Waals surface area contributed by atoms with Gasteiger partial charge >= 0.3 is 0 Å². The minimum absolute atomic E-state index is 0.0962. The molecule has 0 spiro atoms. The molecule has 0 bridgehead atoms. The van der Waals surface area contributed by atoms with Gasteiger partial charge in [0.2, 0.25) is 17.7 Å². The minimum atomic E-state index is 0.0962. The summed E-state index contributed by atoms with van der Waals surface area (Å²) in [5, 5.41) is 7.96. The molecule has 1 amide bonds. The molecule has 0 unspecified atom stereocenters. The van der Waals surface area contributed by atoms with Crippen molar-refractivity contribution in [3.63, 3.8) is 0 Å². The van der Waals surface area contributed by atoms with Gasteiger partial charge in [0, 0.05) is 63.5 Å². The second-order valence-electron chi connectivity index (χ2n) is 8.41. The SMILES string of the molecule is Cc1nnc(-c2ccc(N3CC[C@H](C(=O)N4CCCN(C(C)C)CC4)C3)cc2)o1. The molecule has 3 heterocycles. The molecular formula is C22H31N5O2. The van der Waals surface area contributed by atoms with Gasteiger partial charge in [-0.1, -0.05) is 0 Å². The van der Waals surface area contributed by atoms with Gasteiger partial charge in [-0.15, -0.1) is 10.2 Å². The zero-order valence-corrected chi connectivity index (χ0v) is 17.7. The number of hydrogen-bond donors (Lipinski definition) is 0. The first kappa shape index (κ1) is 19.9. The number of carbonyl (C=O) groups excluding carboxylic acids is 1. The number of aromatic nitrogens is 2. The lowest BCUT2D eigenvalue weighted by molar-refractivity contribution is -0.134. The van der Waals surface area contributed by atoms with E-state index in [0.717, 1.165) is 63.4 Å². The third-order valence-corrected chi connectivity index (χ3v) is 6.12. The zero-order chi connectivity index (χ0) is 20.4. The summed E-state index contributed by atoms with van der Waals surface area (Å²) < 4.78 is 5.49. The average Bonchev–Trinajstić information content (AvgIpc) is 3.30. The van der Waals surface area contributed by atoms with Gasteiger partial charge in [0.1, 0.15) is 0 Å². The Hall–Kier alpha value is -2.41. The van der Waals surface area contributed by atoms with Crippen molar-refractivity contribution in [2.75, 3.05) is 44.2 Å². The number of aryl methyl sites for hydroxylation is 1. The molecule has 7 heteroatoms. The maximum atomic E-state index is 13.1. The van der Waals surface area contributed by atoms with Crippen LogP contribution in [0.4, 0.5) is 5.69 Å². The van der Waals surface area contributed by atoms with E-state index in [-0.39, 0.29) is 5.92 Å². The summed E-state index contributed by atoms with van der Waals surface area (Å²) in [7, 11) is 0. The molecule has 4 rings (SSSR count). The van der Waals surface area contributed by atoms with Crippen LogP contribution >= 0.6 is 0 Å². The van der Waals surface area contributed by atoms with Crippen LogP contribution in [0.15, 0.2) is 28.7 Å². The molecule has 2 aromatic rings. The van der Waals surface area contributed by atoms with Crippen LogP contribution in [-0.4, -0.2) is 71.2 Å². The molecule has 2 fully saturated rings. The Morgan fingerprint density at radius 2 is 1.86 bits per heavy atom. The topological polar surface area (TPSA) is 65.7 Å². The monoisotopic (exact) mass is 397 g/mol. The van der Waals surface area contributed by atoms with Crippen LogP contribution in [0, 0.1) is 12.8 Å². The van der Waals surface area contributed by atoms with E-state index in [9.17, 15) is 4.79 Å². The fourth-order valence-corrected chi connectivity index (χ4v) is 4.36. The number of benzene rings is 1. The first-order valence-electron chi connectivity index (χ1n) is 10.7. The van der Waals surface area contributed by atoms with E-state index >= 15 is 0 Å². The Morgan fingerprint density at radius 3 is 2.55 bits per heavy atom. The van der Waals surface area contributed by atoms with E-state index in [4.69, 9.17) is 4.42 Å². The maximum Gasteiger partial charge on any atom is 0.247 e. The van der Waals surface area contributed by atoms with E-state index < -0.39 is 0 Å². The first-order chi connectivity index (χ1) is 14.0. The first-order valence-corrected chi connectivity index (χ1v) is 10.7. The Morgan fingerprint density at radius 1 is 1.07 bits per heavy atom. The number of amides is 1. The van der Waals surface area contributed by atoms with Gasteiger partial charge in [0.15, 0.2) is 0 Å². The Bertz CT molecular complexity index is 832. The molecule has 0 N–H and O–H groups in total. The molecule has 1 aromatic carbocycles. The molecule has 1 atom stereocenters. The number of rotatable bonds is 4. The number of anilines is 1. The van der Waals surface area contributed by atoms with E-state index in [0.29, 0.717) is 23.7 Å². The Balaban J connectivity index is 1.35. The number of carbonyl (C=O) groups is 1. The van der Waals surface area contributed by atoms with Crippen molar-refractivity contribution in [1.82, 2.24) is 20.0 Å². The van der Waals surface area contributed by atoms with Crippen LogP contribution in [0.1, 0.15) is 32.6 Å². The van der Waals surface area contributed by atoms with Crippen molar-refractivity contribution < 1.29 is 9.21 Å². The molecule has 1 aromatic heterocycles. The Kier molecular flexibility index (Phi) is 5.85. The lowest BCUT2D eigenvalue weighted by Gasteiger charge is -2.26. The minimum Gasteiger partial charge on any atom is -0.421 e. The smallest absolute Gasteiger partial charge is 0.247 e. The zero-order valence-electron chi connectivity index (χ0n) is 17.7. The van der Waals surface area contributed by atoms with Crippen LogP contribution < -0.4 is 4.90 Å². The second-order valence-corrected chi connectivity index (χ2v) is 8.41. The molecule has 7 nitrogen and oxygen atoms in total. The van der Waals surface area contributed by atoms with Crippen molar-refractivity contribution in [3.8, 4) is 11.5 Å². The third kappa shape index (κ3) is 4.45. The van der Waals surface area contributed by atoms with Gasteiger partial charge in [0.25, 0.3) is 0 Å². The summed E-state index contributed by atoms with van der Waals surface area (Å²) in [5.41, 5.74) is 2.06. The van der Waals surface area contributed by atoms with E-state index in [1.54, 1.807) is 6.92 Å². The van der Waals surface area contributed by atoms with E-state index in [1.165, 1.54) is 0 Å². The van der Waals surface area contributed by atoms with Crippen molar-refractivity contribution in [3.05, 3.63) is 30.2 Å². The predicted octanol–water partition coefficient (Wildman–Crippen LogP) is 2.81. The van der Waals surface area contributed by atoms with Crippen molar-refractivity contribution in [2.45, 2.75) is 39.7 Å². The van der Waals surface area contributed by atoms with Gasteiger partial charge in [-0.05, 0) is 51.0 Å². The summed E-state index contributed by atoms with van der Waals surface area (Å²) in [4.78, 5) is 20.0. The summed E-state index contributed by atoms with van der Waals surface area (Å²) in [5.74, 6) is 1.53. The van der Waals surface area contributed by atoms with Crippen LogP contribution in [0.2, 0.25) is 0 Å². The van der Waals surface area contributed by atoms with Gasteiger partial charge in [-0.3, -0.25) is 9.69 Å². The third-order valence-electron chi connectivity index (χ3n) is 6.12. The largest absolute Gasteiger partial charge is 0.421 e. The fraction of sp³-hybridized carbons (Fsp3) is 0.591. The molecule has 0 saturated carbocycles. The summed E-state index contributed by atoms with van der Waals surface area (Å²) in [6, 6.07) is 8.72. The van der Waals surface area contributed by atoms with Crippen molar-refractivity contribution >= 4 is 11.6 Å². The lowest BCUT2D eigenvalue weighted by Crippen LogP contribution is -2.40. The summed E-state index contributed by atoms with van der Waals surface area (Å²) in [6.45, 7) is 11.8. The molecule has 0 aliphatic carbocycles. The van der Waals surface area contributed by atoms with Crippen LogP contribution in [0.25, 0.3) is 11.5 Å². The molecule has 156 valence electrons. The van der Waals surface area contributed by atoms with Crippen LogP contribution in [0.3, 0.4) is 0 Å². The van der Waals surface area contributed by atoms with Crippen LogP contribution in [-0.2, 0) is 4.79 Å². The highest BCUT2D eigenvalue weighted by molar-refractivity contribution is 5.80. The van der Waals surface area contributed by atoms with Gasteiger partial charge in [-0.2, -0.15) is 0 Å². The highest BCUT2D eigenvalue weighted by atomic mass is 16.4. The van der Waals surface area contributed by atoms with Gasteiger partial charge < -0.3 is 14.2 Å². The van der Waals surface area contributed by atoms with E-state index in [2.05, 4.69) is 50.9 Å². The fourth-order valence-electron chi connectivity index (χ4n) is 4.36. The molecule has 0 radical (unpaired) electrons. The second kappa shape index (κ2) is 8.53. The van der Waals surface area contributed by atoms with Gasteiger partial charge in [-0.25, -0.2) is 0 Å². The highest BCUT2D eigenvalue weighted by Crippen LogP contribution is 2.28. The molecule has 29 heavy (non-hydrogen) atoms. The van der Waals surface area contributed by atoms with Crippen molar-refractivity contribution in [2.24, 2.45) is 5.92 Å². The quantitative estimate of drug-likeness (QED) is 0.790. The summed E-state index contributed by atoms with van der Waals surface area (Å²) in [6.07, 6.45) is 1.99. The van der Waals surface area contributed by atoms with Gasteiger partial charge in [0.05, 0.1) is 5.92 Å². The maximum absolute atomic E-state index is 13.1. The number of nitrogens with zero attached hydrogens (tertiary/aromatic N) is 5. The number of hydrogen-bond acceptors (Lipinski definition) is 6. The Labute approximate surface area is 172 Å². The average molecular weight is 398 g/mol. The molecule has 2 aliphatic rings. The molecule has 2 aliphatic heterocycles. The summed E-state index contributed by atoms with van der Waals surface area (Å²) >= 11 is 0. The lowest BCUT2D eigenvalue weighted by atomic mass is 10.1. The van der Waals surface area contributed by atoms with E-state index in [1.807, 2.05) is 12.1 Å². The highest BCUT2D eigenvalue weighted by Gasteiger charge is 2.32. The normalized spacial score (nSPS) is 21.0.